The summed E-state index contributed by atoms with van der Waals surface area (Å²) in [6, 6.07) is 0. The van der Waals surface area contributed by atoms with E-state index in [1.165, 1.54) is 0 Å². The number of alkyl halides is 1. The van der Waals surface area contributed by atoms with E-state index in [0.29, 0.717) is 6.61 Å². The van der Waals surface area contributed by atoms with Crippen molar-refractivity contribution in [2.45, 2.75) is 13.3 Å². The molecule has 0 bridgehead atoms. The van der Waals surface area contributed by atoms with Crippen LogP contribution in [0.3, 0.4) is 0 Å². The maximum absolute atomic E-state index is 11.0. The van der Waals surface area contributed by atoms with E-state index in [4.69, 9.17) is 16.1 Å². The zero-order chi connectivity index (χ0) is 7.33. The van der Waals surface area contributed by atoms with Crippen molar-refractivity contribution in [3.05, 3.63) is 0 Å². The van der Waals surface area contributed by atoms with Gasteiger partial charge in [0.05, 0.1) is 12.2 Å². The van der Waals surface area contributed by atoms with Crippen molar-refractivity contribution >= 4 is 19.0 Å². The Morgan fingerprint density at radius 2 is 2.22 bits per heavy atom. The highest BCUT2D eigenvalue weighted by Crippen LogP contribution is 2.43. The minimum absolute atomic E-state index is 0.118. The lowest BCUT2D eigenvalue weighted by atomic mass is 10.5. The first-order chi connectivity index (χ1) is 4.12. The molecule has 0 amide bonds. The SMILES string of the molecule is CCCOP(C)(=O)CCl. The summed E-state index contributed by atoms with van der Waals surface area (Å²) in [6.45, 7) is 4.06. The van der Waals surface area contributed by atoms with Crippen LogP contribution in [0.15, 0.2) is 0 Å². The van der Waals surface area contributed by atoms with Crippen LogP contribution in [0.1, 0.15) is 13.3 Å². The first-order valence-corrected chi connectivity index (χ1v) is 5.68. The molecule has 0 aromatic rings. The van der Waals surface area contributed by atoms with Gasteiger partial charge in [-0.05, 0) is 6.42 Å². The van der Waals surface area contributed by atoms with Crippen molar-refractivity contribution in [1.29, 1.82) is 0 Å². The number of hydrogen-bond donors (Lipinski definition) is 0. The average Bonchev–Trinajstić information content (AvgIpc) is 1.84. The van der Waals surface area contributed by atoms with Crippen molar-refractivity contribution in [1.82, 2.24) is 0 Å². The second-order valence-corrected chi connectivity index (χ2v) is 5.21. The Labute approximate surface area is 61.0 Å². The van der Waals surface area contributed by atoms with Crippen LogP contribution in [0.4, 0.5) is 0 Å². The van der Waals surface area contributed by atoms with Crippen LogP contribution in [-0.2, 0) is 9.09 Å². The quantitative estimate of drug-likeness (QED) is 0.479. The predicted molar refractivity (Wildman–Crippen MR) is 40.5 cm³/mol. The minimum atomic E-state index is -2.42. The van der Waals surface area contributed by atoms with E-state index in [2.05, 4.69) is 0 Å². The molecule has 1 unspecified atom stereocenters. The van der Waals surface area contributed by atoms with Crippen LogP contribution in [-0.4, -0.2) is 18.9 Å². The molecule has 0 spiro atoms. The van der Waals surface area contributed by atoms with Gasteiger partial charge in [0.2, 0.25) is 7.37 Å². The fourth-order valence-electron chi connectivity index (χ4n) is 0.319. The van der Waals surface area contributed by atoms with Crippen LogP contribution < -0.4 is 0 Å². The van der Waals surface area contributed by atoms with Crippen LogP contribution in [0.2, 0.25) is 0 Å². The second kappa shape index (κ2) is 4.32. The Kier molecular flexibility index (Phi) is 4.55. The standard InChI is InChI=1S/C5H12ClO2P/c1-3-4-8-9(2,7)5-6/h3-5H2,1-2H3. The van der Waals surface area contributed by atoms with E-state index in [1.807, 2.05) is 6.92 Å². The molecule has 0 saturated heterocycles. The van der Waals surface area contributed by atoms with E-state index < -0.39 is 7.37 Å². The lowest BCUT2D eigenvalue weighted by Crippen LogP contribution is -1.90. The molecule has 0 aromatic heterocycles. The van der Waals surface area contributed by atoms with Crippen LogP contribution in [0.5, 0.6) is 0 Å². The van der Waals surface area contributed by atoms with Gasteiger partial charge in [-0.1, -0.05) is 6.92 Å². The average molecular weight is 171 g/mol. The number of rotatable bonds is 4. The van der Waals surface area contributed by atoms with Crippen molar-refractivity contribution in [2.75, 3.05) is 18.9 Å². The first kappa shape index (κ1) is 9.48. The van der Waals surface area contributed by atoms with E-state index in [9.17, 15) is 4.57 Å². The largest absolute Gasteiger partial charge is 0.328 e. The van der Waals surface area contributed by atoms with Gasteiger partial charge in [-0.15, -0.1) is 11.6 Å². The van der Waals surface area contributed by atoms with E-state index in [1.54, 1.807) is 6.66 Å². The van der Waals surface area contributed by atoms with Crippen LogP contribution >= 0.6 is 19.0 Å². The molecule has 1 atom stereocenters. The fraction of sp³-hybridized carbons (Fsp3) is 1.00. The normalized spacial score (nSPS) is 17.2. The molecular formula is C5H12ClO2P. The van der Waals surface area contributed by atoms with E-state index >= 15 is 0 Å². The molecule has 0 N–H and O–H groups in total. The molecule has 0 aromatic carbocycles. The summed E-state index contributed by atoms with van der Waals surface area (Å²) in [7, 11) is -2.42. The number of halogens is 1. The highest BCUT2D eigenvalue weighted by molar-refractivity contribution is 7.59. The van der Waals surface area contributed by atoms with Gasteiger partial charge < -0.3 is 4.52 Å². The summed E-state index contributed by atoms with van der Waals surface area (Å²) in [5.74, 6) is 0. The van der Waals surface area contributed by atoms with Crippen molar-refractivity contribution < 1.29 is 9.09 Å². The first-order valence-electron chi connectivity index (χ1n) is 2.89. The highest BCUT2D eigenvalue weighted by Gasteiger charge is 2.11. The maximum atomic E-state index is 11.0. The van der Waals surface area contributed by atoms with Gasteiger partial charge in [0, 0.05) is 6.66 Å². The van der Waals surface area contributed by atoms with Gasteiger partial charge >= 0.3 is 0 Å². The Balaban J connectivity index is 3.46. The van der Waals surface area contributed by atoms with Crippen molar-refractivity contribution in [3.63, 3.8) is 0 Å². The molecule has 0 radical (unpaired) electrons. The Morgan fingerprint density at radius 3 is 2.56 bits per heavy atom. The predicted octanol–water partition coefficient (Wildman–Crippen LogP) is 2.52. The van der Waals surface area contributed by atoms with Gasteiger partial charge in [0.1, 0.15) is 0 Å². The Morgan fingerprint density at radius 1 is 1.67 bits per heavy atom. The topological polar surface area (TPSA) is 26.3 Å². The minimum Gasteiger partial charge on any atom is -0.328 e. The molecule has 0 aliphatic carbocycles. The third-order valence-electron chi connectivity index (χ3n) is 0.786. The monoisotopic (exact) mass is 170 g/mol. The van der Waals surface area contributed by atoms with Gasteiger partial charge in [-0.2, -0.15) is 0 Å². The van der Waals surface area contributed by atoms with Gasteiger partial charge in [-0.3, -0.25) is 4.57 Å². The molecule has 0 saturated carbocycles. The molecule has 56 valence electrons. The lowest BCUT2D eigenvalue weighted by molar-refractivity contribution is 0.319. The van der Waals surface area contributed by atoms with Crippen LogP contribution in [0.25, 0.3) is 0 Å². The zero-order valence-corrected chi connectivity index (χ0v) is 7.41. The van der Waals surface area contributed by atoms with Crippen molar-refractivity contribution in [2.24, 2.45) is 0 Å². The molecule has 0 aliphatic rings. The summed E-state index contributed by atoms with van der Waals surface area (Å²) in [5, 5.41) is 0. The smallest absolute Gasteiger partial charge is 0.214 e. The molecule has 0 fully saturated rings. The van der Waals surface area contributed by atoms with Gasteiger partial charge in [0.25, 0.3) is 0 Å². The Bertz CT molecular complexity index is 116. The summed E-state index contributed by atoms with van der Waals surface area (Å²) < 4.78 is 15.9. The summed E-state index contributed by atoms with van der Waals surface area (Å²) >= 11 is 5.34. The van der Waals surface area contributed by atoms with Crippen molar-refractivity contribution in [3.8, 4) is 0 Å². The van der Waals surface area contributed by atoms with E-state index in [0.717, 1.165) is 6.42 Å². The maximum Gasteiger partial charge on any atom is 0.214 e. The highest BCUT2D eigenvalue weighted by atomic mass is 35.5. The Hall–Kier alpha value is 0.480. The lowest BCUT2D eigenvalue weighted by Gasteiger charge is -2.07. The van der Waals surface area contributed by atoms with Gasteiger partial charge in [0.15, 0.2) is 0 Å². The molecule has 4 heteroatoms. The van der Waals surface area contributed by atoms with Gasteiger partial charge in [-0.25, -0.2) is 0 Å². The fourth-order valence-corrected chi connectivity index (χ4v) is 1.16. The second-order valence-electron chi connectivity index (χ2n) is 1.97. The molecule has 0 aliphatic heterocycles. The summed E-state index contributed by atoms with van der Waals surface area (Å²) in [4.78, 5) is 0. The molecule has 0 rings (SSSR count). The number of hydrogen-bond acceptors (Lipinski definition) is 2. The van der Waals surface area contributed by atoms with Crippen LogP contribution in [0, 0.1) is 0 Å². The summed E-state index contributed by atoms with van der Waals surface area (Å²) in [6.07, 6.45) is 0.884. The zero-order valence-electron chi connectivity index (χ0n) is 5.76. The third kappa shape index (κ3) is 4.95. The summed E-state index contributed by atoms with van der Waals surface area (Å²) in [5.41, 5.74) is 0.118. The molecular weight excluding hydrogens is 158 g/mol. The van der Waals surface area contributed by atoms with E-state index in [-0.39, 0.29) is 5.62 Å². The molecule has 2 nitrogen and oxygen atoms in total. The molecule has 9 heavy (non-hydrogen) atoms. The molecule has 0 heterocycles. The third-order valence-corrected chi connectivity index (χ3v) is 3.25.